The van der Waals surface area contributed by atoms with E-state index in [1.165, 1.54) is 0 Å². The third-order valence-electron chi connectivity index (χ3n) is 4.26. The molecule has 1 aromatic carbocycles. The number of non-ortho nitro benzene ring substituents is 1. The lowest BCUT2D eigenvalue weighted by molar-refractivity contribution is -0.384. The molecule has 0 bridgehead atoms. The minimum Gasteiger partial charge on any atom is -0.443 e. The number of oxazole rings is 1. The molecule has 0 unspecified atom stereocenters. The molecular weight excluding hydrogens is 358 g/mol. The summed E-state index contributed by atoms with van der Waals surface area (Å²) in [4.78, 5) is 18.8. The summed E-state index contributed by atoms with van der Waals surface area (Å²) in [7, 11) is 1.72. The largest absolute Gasteiger partial charge is 0.443 e. The average Bonchev–Trinajstić information content (AvgIpc) is 3.14. The first-order valence-electron chi connectivity index (χ1n) is 9.42. The standard InChI is InChI=1S/C20H29N5O3/c1-20(2,3)17-13-23-18(28-17)14-24-19(21-4)22-12-6-5-7-15-8-10-16(11-9-15)25(26)27/h8-11,13H,5-7,12,14H2,1-4H3,(H2,21,22,24). The quantitative estimate of drug-likeness (QED) is 0.236. The third kappa shape index (κ3) is 6.68. The van der Waals surface area contributed by atoms with Crippen molar-refractivity contribution in [3.05, 3.63) is 57.8 Å². The fourth-order valence-electron chi connectivity index (χ4n) is 2.56. The van der Waals surface area contributed by atoms with Crippen molar-refractivity contribution in [1.29, 1.82) is 0 Å². The molecule has 0 radical (unpaired) electrons. The molecule has 8 heteroatoms. The summed E-state index contributed by atoms with van der Waals surface area (Å²) >= 11 is 0. The van der Waals surface area contributed by atoms with Gasteiger partial charge in [-0.3, -0.25) is 15.1 Å². The monoisotopic (exact) mass is 387 g/mol. The minimum atomic E-state index is -0.380. The second-order valence-electron chi connectivity index (χ2n) is 7.60. The van der Waals surface area contributed by atoms with Crippen LogP contribution in [0.25, 0.3) is 0 Å². The zero-order valence-electron chi connectivity index (χ0n) is 17.0. The molecule has 152 valence electrons. The Kier molecular flexibility index (Phi) is 7.54. The van der Waals surface area contributed by atoms with Gasteiger partial charge in [0.1, 0.15) is 5.76 Å². The number of hydrogen-bond acceptors (Lipinski definition) is 5. The van der Waals surface area contributed by atoms with Gasteiger partial charge in [0.15, 0.2) is 5.96 Å². The number of guanidine groups is 1. The summed E-state index contributed by atoms with van der Waals surface area (Å²) in [5, 5.41) is 17.1. The van der Waals surface area contributed by atoms with Crippen molar-refractivity contribution in [2.45, 2.75) is 52.0 Å². The van der Waals surface area contributed by atoms with Gasteiger partial charge in [-0.15, -0.1) is 0 Å². The molecule has 2 rings (SSSR count). The van der Waals surface area contributed by atoms with E-state index in [1.54, 1.807) is 25.4 Å². The van der Waals surface area contributed by atoms with Gasteiger partial charge >= 0.3 is 0 Å². The summed E-state index contributed by atoms with van der Waals surface area (Å²) in [6.07, 6.45) is 4.60. The molecule has 28 heavy (non-hydrogen) atoms. The first-order valence-corrected chi connectivity index (χ1v) is 9.42. The average molecular weight is 387 g/mol. The van der Waals surface area contributed by atoms with Crippen LogP contribution in [0.1, 0.15) is 50.8 Å². The van der Waals surface area contributed by atoms with Crippen LogP contribution < -0.4 is 10.6 Å². The Hall–Kier alpha value is -2.90. The molecule has 2 N–H and O–H groups in total. The van der Waals surface area contributed by atoms with Gasteiger partial charge in [0.2, 0.25) is 5.89 Å². The van der Waals surface area contributed by atoms with Crippen molar-refractivity contribution in [1.82, 2.24) is 15.6 Å². The molecule has 1 aromatic heterocycles. The van der Waals surface area contributed by atoms with Gasteiger partial charge in [0.25, 0.3) is 5.69 Å². The zero-order chi connectivity index (χ0) is 20.6. The highest BCUT2D eigenvalue weighted by atomic mass is 16.6. The number of aliphatic imine (C=N–C) groups is 1. The maximum absolute atomic E-state index is 10.7. The number of aryl methyl sites for hydroxylation is 1. The summed E-state index contributed by atoms with van der Waals surface area (Å²) in [5.41, 5.74) is 1.17. The number of aromatic nitrogens is 1. The van der Waals surface area contributed by atoms with E-state index in [0.717, 1.165) is 37.1 Å². The highest BCUT2D eigenvalue weighted by molar-refractivity contribution is 5.79. The first-order chi connectivity index (χ1) is 13.3. The van der Waals surface area contributed by atoms with Crippen LogP contribution in [0.5, 0.6) is 0 Å². The van der Waals surface area contributed by atoms with Crippen LogP contribution in [0.4, 0.5) is 5.69 Å². The molecule has 0 aliphatic rings. The Morgan fingerprint density at radius 1 is 1.21 bits per heavy atom. The summed E-state index contributed by atoms with van der Waals surface area (Å²) in [5.74, 6) is 2.19. The number of nitrogens with one attached hydrogen (secondary N) is 2. The second-order valence-corrected chi connectivity index (χ2v) is 7.60. The minimum absolute atomic E-state index is 0.0607. The van der Waals surface area contributed by atoms with Crippen LogP contribution in [0.2, 0.25) is 0 Å². The Morgan fingerprint density at radius 2 is 1.93 bits per heavy atom. The van der Waals surface area contributed by atoms with Gasteiger partial charge in [-0.05, 0) is 24.8 Å². The molecule has 2 aromatic rings. The number of nitro groups is 1. The molecule has 0 aliphatic carbocycles. The molecule has 0 spiro atoms. The fourth-order valence-corrected chi connectivity index (χ4v) is 2.56. The topological polar surface area (TPSA) is 106 Å². The van der Waals surface area contributed by atoms with Crippen LogP contribution in [-0.2, 0) is 18.4 Å². The number of benzene rings is 1. The van der Waals surface area contributed by atoms with Crippen molar-refractivity contribution in [2.24, 2.45) is 4.99 Å². The van der Waals surface area contributed by atoms with Crippen molar-refractivity contribution >= 4 is 11.6 Å². The lowest BCUT2D eigenvalue weighted by Crippen LogP contribution is -2.37. The lowest BCUT2D eigenvalue weighted by atomic mass is 9.94. The van der Waals surface area contributed by atoms with Crippen LogP contribution in [0.15, 0.2) is 39.9 Å². The van der Waals surface area contributed by atoms with Gasteiger partial charge in [-0.25, -0.2) is 4.98 Å². The van der Waals surface area contributed by atoms with Crippen molar-refractivity contribution in [2.75, 3.05) is 13.6 Å². The van der Waals surface area contributed by atoms with Crippen LogP contribution in [0, 0.1) is 10.1 Å². The Bertz CT molecular complexity index is 791. The molecular formula is C20H29N5O3. The summed E-state index contributed by atoms with van der Waals surface area (Å²) < 4.78 is 5.76. The van der Waals surface area contributed by atoms with Crippen molar-refractivity contribution < 1.29 is 9.34 Å². The van der Waals surface area contributed by atoms with E-state index in [9.17, 15) is 10.1 Å². The molecule has 0 fully saturated rings. The molecule has 0 amide bonds. The normalized spacial score (nSPS) is 12.1. The Labute approximate surface area is 165 Å². The number of rotatable bonds is 8. The molecule has 0 saturated carbocycles. The van der Waals surface area contributed by atoms with E-state index in [2.05, 4.69) is 41.4 Å². The molecule has 1 heterocycles. The summed E-state index contributed by atoms with van der Waals surface area (Å²) in [6, 6.07) is 6.72. The van der Waals surface area contributed by atoms with Gasteiger partial charge in [-0.1, -0.05) is 32.9 Å². The van der Waals surface area contributed by atoms with Crippen LogP contribution >= 0.6 is 0 Å². The van der Waals surface area contributed by atoms with E-state index >= 15 is 0 Å². The van der Waals surface area contributed by atoms with E-state index in [4.69, 9.17) is 4.42 Å². The lowest BCUT2D eigenvalue weighted by Gasteiger charge is -2.13. The number of hydrogen-bond donors (Lipinski definition) is 2. The Morgan fingerprint density at radius 3 is 2.50 bits per heavy atom. The fraction of sp³-hybridized carbons (Fsp3) is 0.500. The number of unbranched alkanes of at least 4 members (excludes halogenated alkanes) is 1. The molecule has 0 aliphatic heterocycles. The Balaban J connectivity index is 1.67. The predicted octanol–water partition coefficient (Wildman–Crippen LogP) is 3.57. The molecule has 0 saturated heterocycles. The molecule has 8 nitrogen and oxygen atoms in total. The smallest absolute Gasteiger partial charge is 0.269 e. The van der Waals surface area contributed by atoms with Crippen molar-refractivity contribution in [3.63, 3.8) is 0 Å². The van der Waals surface area contributed by atoms with E-state index in [0.29, 0.717) is 18.4 Å². The van der Waals surface area contributed by atoms with E-state index in [-0.39, 0.29) is 16.0 Å². The highest BCUT2D eigenvalue weighted by Crippen LogP contribution is 2.22. The maximum Gasteiger partial charge on any atom is 0.269 e. The van der Waals surface area contributed by atoms with Gasteiger partial charge in [0.05, 0.1) is 17.7 Å². The number of nitrogens with zero attached hydrogens (tertiary/aromatic N) is 3. The third-order valence-corrected chi connectivity index (χ3v) is 4.26. The van der Waals surface area contributed by atoms with Gasteiger partial charge < -0.3 is 15.1 Å². The maximum atomic E-state index is 10.7. The SMILES string of the molecule is CN=C(NCCCCc1ccc([N+](=O)[O-])cc1)NCc1ncc(C(C)(C)C)o1. The van der Waals surface area contributed by atoms with Crippen molar-refractivity contribution in [3.8, 4) is 0 Å². The second kappa shape index (κ2) is 9.87. The van der Waals surface area contributed by atoms with Gasteiger partial charge in [0, 0.05) is 31.1 Å². The summed E-state index contributed by atoms with van der Waals surface area (Å²) in [6.45, 7) is 7.51. The number of nitro benzene ring substituents is 1. The predicted molar refractivity (Wildman–Crippen MR) is 109 cm³/mol. The van der Waals surface area contributed by atoms with Gasteiger partial charge in [-0.2, -0.15) is 0 Å². The first kappa shape index (κ1) is 21.4. The van der Waals surface area contributed by atoms with E-state index in [1.807, 2.05) is 12.1 Å². The van der Waals surface area contributed by atoms with Crippen LogP contribution in [-0.4, -0.2) is 29.5 Å². The molecule has 0 atom stereocenters. The highest BCUT2D eigenvalue weighted by Gasteiger charge is 2.19. The van der Waals surface area contributed by atoms with Crippen LogP contribution in [0.3, 0.4) is 0 Å². The van der Waals surface area contributed by atoms with E-state index < -0.39 is 0 Å². The zero-order valence-corrected chi connectivity index (χ0v) is 17.0.